The highest BCUT2D eigenvalue weighted by molar-refractivity contribution is 9.10. The van der Waals surface area contributed by atoms with Gasteiger partial charge < -0.3 is 0 Å². The van der Waals surface area contributed by atoms with Crippen molar-refractivity contribution < 1.29 is 9.59 Å². The molecule has 3 nitrogen and oxygen atoms in total. The minimum Gasteiger partial charge on any atom is -0.283 e. The lowest BCUT2D eigenvalue weighted by Crippen LogP contribution is -2.19. The number of hydrogen-bond donors (Lipinski definition) is 0. The molecule has 0 fully saturated rings. The van der Waals surface area contributed by atoms with Crippen LogP contribution in [0.15, 0.2) is 22.7 Å². The molecule has 0 saturated heterocycles. The van der Waals surface area contributed by atoms with E-state index in [9.17, 15) is 9.59 Å². The molecule has 0 radical (unpaired) electrons. The van der Waals surface area contributed by atoms with E-state index in [1.165, 1.54) is 0 Å². The summed E-state index contributed by atoms with van der Waals surface area (Å²) in [4.78, 5) is 22.4. The molecule has 1 aromatic carbocycles. The first-order valence-electron chi connectivity index (χ1n) is 3.45. The fourth-order valence-corrected chi connectivity index (χ4v) is 1.76. The highest BCUT2D eigenvalue weighted by Gasteiger charge is 2.34. The van der Waals surface area contributed by atoms with Crippen LogP contribution in [0.2, 0.25) is 0 Å². The first-order valence-corrected chi connectivity index (χ1v) is 4.58. The molecule has 1 aliphatic heterocycles. The van der Waals surface area contributed by atoms with Crippen LogP contribution in [0.3, 0.4) is 0 Å². The van der Waals surface area contributed by atoms with Crippen molar-refractivity contribution >= 4 is 45.1 Å². The SMILES string of the molecule is O=C1C(=O)N(Cl)c2ccc(Br)cc21. The van der Waals surface area contributed by atoms with Crippen LogP contribution in [0.1, 0.15) is 10.4 Å². The molecule has 1 aliphatic rings. The van der Waals surface area contributed by atoms with Crippen molar-refractivity contribution in [3.63, 3.8) is 0 Å². The molecular weight excluding hydrogens is 257 g/mol. The summed E-state index contributed by atoms with van der Waals surface area (Å²) in [5.74, 6) is -1.26. The monoisotopic (exact) mass is 259 g/mol. The van der Waals surface area contributed by atoms with Crippen molar-refractivity contribution in [3.8, 4) is 0 Å². The number of hydrogen-bond acceptors (Lipinski definition) is 2. The van der Waals surface area contributed by atoms with E-state index in [1.807, 2.05) is 0 Å². The van der Waals surface area contributed by atoms with E-state index in [2.05, 4.69) is 15.9 Å². The quantitative estimate of drug-likeness (QED) is 0.529. The van der Waals surface area contributed by atoms with Crippen LogP contribution in [0.25, 0.3) is 0 Å². The molecule has 2 rings (SSSR count). The van der Waals surface area contributed by atoms with Gasteiger partial charge in [-0.3, -0.25) is 9.59 Å². The Morgan fingerprint density at radius 3 is 2.69 bits per heavy atom. The fourth-order valence-electron chi connectivity index (χ4n) is 1.18. The predicted molar refractivity (Wildman–Crippen MR) is 51.8 cm³/mol. The Hall–Kier alpha value is -0.870. The van der Waals surface area contributed by atoms with E-state index >= 15 is 0 Å². The minimum atomic E-state index is -0.699. The number of nitrogens with zero attached hydrogens (tertiary/aromatic N) is 1. The molecule has 1 heterocycles. The van der Waals surface area contributed by atoms with Gasteiger partial charge in [-0.25, -0.2) is 4.42 Å². The molecule has 5 heteroatoms. The second kappa shape index (κ2) is 2.82. The Bertz CT molecular complexity index is 419. The third-order valence-electron chi connectivity index (χ3n) is 1.79. The molecule has 0 spiro atoms. The van der Waals surface area contributed by atoms with Gasteiger partial charge in [-0.05, 0) is 18.2 Å². The number of carbonyl (C=O) groups is 2. The Balaban J connectivity index is 2.67. The maximum Gasteiger partial charge on any atom is 0.314 e. The van der Waals surface area contributed by atoms with Crippen molar-refractivity contribution in [2.75, 3.05) is 4.42 Å². The lowest BCUT2D eigenvalue weighted by atomic mass is 10.1. The first-order chi connectivity index (χ1) is 6.11. The highest BCUT2D eigenvalue weighted by atomic mass is 79.9. The zero-order valence-electron chi connectivity index (χ0n) is 6.25. The van der Waals surface area contributed by atoms with Gasteiger partial charge in [-0.15, -0.1) is 0 Å². The standard InChI is InChI=1S/C8H3BrClNO2/c9-4-1-2-6-5(3-4)7(12)8(13)11(6)10/h1-3H. The largest absolute Gasteiger partial charge is 0.314 e. The predicted octanol–water partition coefficient (Wildman–Crippen LogP) is 2.13. The van der Waals surface area contributed by atoms with Crippen LogP contribution >= 0.6 is 27.7 Å². The van der Waals surface area contributed by atoms with Gasteiger partial charge in [0.2, 0.25) is 0 Å². The summed E-state index contributed by atoms with van der Waals surface area (Å²) < 4.78 is 1.59. The number of Topliss-reactive ketones (excluding diaryl/α,β-unsaturated/α-hetero) is 1. The first kappa shape index (κ1) is 8.72. The van der Waals surface area contributed by atoms with Crippen molar-refractivity contribution in [2.24, 2.45) is 0 Å². The number of benzene rings is 1. The Morgan fingerprint density at radius 2 is 2.00 bits per heavy atom. The van der Waals surface area contributed by atoms with Crippen molar-refractivity contribution in [3.05, 3.63) is 28.2 Å². The normalized spacial score (nSPS) is 15.1. The average molecular weight is 260 g/mol. The molecule has 0 N–H and O–H groups in total. The van der Waals surface area contributed by atoms with Crippen LogP contribution in [0.5, 0.6) is 0 Å². The van der Waals surface area contributed by atoms with Gasteiger partial charge in [0.05, 0.1) is 11.3 Å². The molecule has 0 unspecified atom stereocenters. The molecule has 0 atom stereocenters. The Morgan fingerprint density at radius 1 is 1.31 bits per heavy atom. The van der Waals surface area contributed by atoms with Crippen molar-refractivity contribution in [1.29, 1.82) is 0 Å². The topological polar surface area (TPSA) is 37.4 Å². The second-order valence-corrected chi connectivity index (χ2v) is 3.83. The van der Waals surface area contributed by atoms with Crippen LogP contribution in [-0.4, -0.2) is 11.7 Å². The van der Waals surface area contributed by atoms with Gasteiger partial charge >= 0.3 is 5.91 Å². The zero-order valence-corrected chi connectivity index (χ0v) is 8.59. The number of anilines is 1. The Kier molecular flexibility index (Phi) is 1.89. The smallest absolute Gasteiger partial charge is 0.283 e. The van der Waals surface area contributed by atoms with Gasteiger partial charge in [0, 0.05) is 16.2 Å². The molecule has 1 amide bonds. The van der Waals surface area contributed by atoms with E-state index in [4.69, 9.17) is 11.8 Å². The second-order valence-electron chi connectivity index (χ2n) is 2.58. The minimum absolute atomic E-state index is 0.342. The zero-order chi connectivity index (χ0) is 9.59. The number of carbonyl (C=O) groups excluding carboxylic acids is 2. The summed E-state index contributed by atoms with van der Waals surface area (Å²) in [7, 11) is 0. The molecule has 0 saturated carbocycles. The third-order valence-corrected chi connectivity index (χ3v) is 2.62. The van der Waals surface area contributed by atoms with Gasteiger partial charge in [-0.1, -0.05) is 15.9 Å². The summed E-state index contributed by atoms with van der Waals surface area (Å²) in [6.07, 6.45) is 0. The van der Waals surface area contributed by atoms with Crippen LogP contribution in [0, 0.1) is 0 Å². The number of ketones is 1. The van der Waals surface area contributed by atoms with Crippen LogP contribution in [-0.2, 0) is 4.79 Å². The van der Waals surface area contributed by atoms with E-state index < -0.39 is 11.7 Å². The third kappa shape index (κ3) is 1.17. The fraction of sp³-hybridized carbons (Fsp3) is 0. The Labute approximate surface area is 87.5 Å². The molecule has 1 aromatic rings. The highest BCUT2D eigenvalue weighted by Crippen LogP contribution is 2.32. The maximum atomic E-state index is 11.3. The van der Waals surface area contributed by atoms with Gasteiger partial charge in [0.15, 0.2) is 0 Å². The van der Waals surface area contributed by atoms with E-state index in [-0.39, 0.29) is 0 Å². The molecule has 0 aliphatic carbocycles. The number of amides is 1. The summed E-state index contributed by atoms with van der Waals surface area (Å²) in [6.45, 7) is 0. The van der Waals surface area contributed by atoms with Crippen LogP contribution in [0.4, 0.5) is 5.69 Å². The van der Waals surface area contributed by atoms with E-state index in [0.29, 0.717) is 11.3 Å². The molecule has 0 bridgehead atoms. The van der Waals surface area contributed by atoms with Gasteiger partial charge in [0.1, 0.15) is 0 Å². The van der Waals surface area contributed by atoms with Gasteiger partial charge in [0.25, 0.3) is 5.78 Å². The molecule has 13 heavy (non-hydrogen) atoms. The summed E-state index contributed by atoms with van der Waals surface area (Å²) in [5, 5.41) is 0. The van der Waals surface area contributed by atoms with Crippen LogP contribution < -0.4 is 4.42 Å². The van der Waals surface area contributed by atoms with E-state index in [1.54, 1.807) is 18.2 Å². The number of rotatable bonds is 0. The molecular formula is C8H3BrClNO2. The number of halogens is 2. The van der Waals surface area contributed by atoms with Crippen molar-refractivity contribution in [1.82, 2.24) is 0 Å². The number of fused-ring (bicyclic) bond motifs is 1. The lowest BCUT2D eigenvalue weighted by Gasteiger charge is -2.03. The summed E-state index contributed by atoms with van der Waals surface area (Å²) in [5.41, 5.74) is 0.786. The summed E-state index contributed by atoms with van der Waals surface area (Å²) in [6, 6.07) is 4.92. The molecule has 0 aromatic heterocycles. The lowest BCUT2D eigenvalue weighted by molar-refractivity contribution is -0.113. The maximum absolute atomic E-state index is 11.3. The van der Waals surface area contributed by atoms with Gasteiger partial charge in [-0.2, -0.15) is 0 Å². The van der Waals surface area contributed by atoms with Crippen molar-refractivity contribution in [2.45, 2.75) is 0 Å². The van der Waals surface area contributed by atoms with E-state index in [0.717, 1.165) is 8.89 Å². The molecule has 66 valence electrons. The summed E-state index contributed by atoms with van der Waals surface area (Å²) >= 11 is 8.80. The average Bonchev–Trinajstić information content (AvgIpc) is 2.32.